The molecule has 0 radical (unpaired) electrons. The highest BCUT2D eigenvalue weighted by molar-refractivity contribution is 4.91. The first-order valence-electron chi connectivity index (χ1n) is 4.14. The van der Waals surface area contributed by atoms with Gasteiger partial charge in [0.2, 0.25) is 0 Å². The van der Waals surface area contributed by atoms with E-state index in [4.69, 9.17) is 0 Å². The summed E-state index contributed by atoms with van der Waals surface area (Å²) >= 11 is 0. The van der Waals surface area contributed by atoms with Gasteiger partial charge in [-0.25, -0.2) is 0 Å². The van der Waals surface area contributed by atoms with Crippen LogP contribution in [0.5, 0.6) is 0 Å². The molecule has 0 aromatic heterocycles. The van der Waals surface area contributed by atoms with Crippen molar-refractivity contribution in [2.24, 2.45) is 5.92 Å². The molecule has 0 aliphatic heterocycles. The molecule has 0 bridgehead atoms. The number of rotatable bonds is 4. The second-order valence-corrected chi connectivity index (χ2v) is 2.83. The van der Waals surface area contributed by atoms with Crippen molar-refractivity contribution in [2.75, 3.05) is 0 Å². The molecule has 1 heteroatoms. The topological polar surface area (TPSA) is 20.2 Å². The van der Waals surface area contributed by atoms with Crippen LogP contribution < -0.4 is 0 Å². The number of aliphatic hydroxyl groups excluding tert-OH is 1. The lowest BCUT2D eigenvalue weighted by Crippen LogP contribution is -2.06. The first-order chi connectivity index (χ1) is 5.20. The van der Waals surface area contributed by atoms with Crippen LogP contribution in [0.15, 0.2) is 24.3 Å². The van der Waals surface area contributed by atoms with Gasteiger partial charge in [-0.1, -0.05) is 31.2 Å². The van der Waals surface area contributed by atoms with Crippen molar-refractivity contribution in [3.8, 4) is 0 Å². The van der Waals surface area contributed by atoms with E-state index in [1.165, 1.54) is 0 Å². The first kappa shape index (κ1) is 10.4. The van der Waals surface area contributed by atoms with Crippen molar-refractivity contribution in [2.45, 2.75) is 33.3 Å². The Labute approximate surface area is 69.4 Å². The third-order valence-corrected chi connectivity index (χ3v) is 1.55. The van der Waals surface area contributed by atoms with Crippen LogP contribution in [-0.4, -0.2) is 11.2 Å². The Morgan fingerprint density at radius 3 is 2.18 bits per heavy atom. The van der Waals surface area contributed by atoms with Crippen molar-refractivity contribution in [1.82, 2.24) is 0 Å². The lowest BCUT2D eigenvalue weighted by atomic mass is 10.0. The summed E-state index contributed by atoms with van der Waals surface area (Å²) in [7, 11) is 0. The van der Waals surface area contributed by atoms with Gasteiger partial charge in [0.1, 0.15) is 0 Å². The van der Waals surface area contributed by atoms with E-state index in [-0.39, 0.29) is 6.10 Å². The van der Waals surface area contributed by atoms with Crippen LogP contribution in [-0.2, 0) is 0 Å². The predicted octanol–water partition coefficient (Wildman–Crippen LogP) is 2.53. The molecule has 0 amide bonds. The van der Waals surface area contributed by atoms with Crippen LogP contribution in [0.3, 0.4) is 0 Å². The first-order valence-corrected chi connectivity index (χ1v) is 4.14. The summed E-state index contributed by atoms with van der Waals surface area (Å²) in [5.41, 5.74) is 0. The molecule has 2 unspecified atom stereocenters. The Hall–Kier alpha value is -0.560. The fourth-order valence-corrected chi connectivity index (χ4v) is 1.09. The molecule has 0 aromatic carbocycles. The SMILES string of the molecule is C/C=C/C(C)CC(O)/C=C/C. The number of hydrogen-bond donors (Lipinski definition) is 1. The Bertz CT molecular complexity index is 120. The minimum Gasteiger partial charge on any atom is -0.389 e. The fourth-order valence-electron chi connectivity index (χ4n) is 1.09. The summed E-state index contributed by atoms with van der Waals surface area (Å²) in [6, 6.07) is 0. The van der Waals surface area contributed by atoms with Gasteiger partial charge in [0.25, 0.3) is 0 Å². The van der Waals surface area contributed by atoms with Crippen molar-refractivity contribution < 1.29 is 5.11 Å². The molecular formula is C10H18O. The Balaban J connectivity index is 3.65. The van der Waals surface area contributed by atoms with Crippen LogP contribution in [0.2, 0.25) is 0 Å². The lowest BCUT2D eigenvalue weighted by molar-refractivity contribution is 0.200. The van der Waals surface area contributed by atoms with E-state index in [1.54, 1.807) is 0 Å². The van der Waals surface area contributed by atoms with E-state index < -0.39 is 0 Å². The van der Waals surface area contributed by atoms with Gasteiger partial charge in [0.05, 0.1) is 6.10 Å². The van der Waals surface area contributed by atoms with Crippen LogP contribution in [0.1, 0.15) is 27.2 Å². The Morgan fingerprint density at radius 1 is 1.18 bits per heavy atom. The molecular weight excluding hydrogens is 136 g/mol. The normalized spacial score (nSPS) is 17.8. The number of aliphatic hydroxyl groups is 1. The largest absolute Gasteiger partial charge is 0.389 e. The molecule has 2 atom stereocenters. The van der Waals surface area contributed by atoms with Gasteiger partial charge in [-0.15, -0.1) is 0 Å². The molecule has 0 fully saturated rings. The maximum atomic E-state index is 9.33. The van der Waals surface area contributed by atoms with Gasteiger partial charge in [0.15, 0.2) is 0 Å². The maximum absolute atomic E-state index is 9.33. The van der Waals surface area contributed by atoms with Gasteiger partial charge in [-0.05, 0) is 26.2 Å². The molecule has 0 aliphatic carbocycles. The van der Waals surface area contributed by atoms with Gasteiger partial charge < -0.3 is 5.11 Å². The molecule has 0 saturated carbocycles. The summed E-state index contributed by atoms with van der Waals surface area (Å²) in [6.07, 6.45) is 8.35. The molecule has 1 nitrogen and oxygen atoms in total. The van der Waals surface area contributed by atoms with Gasteiger partial charge in [-0.3, -0.25) is 0 Å². The zero-order valence-electron chi connectivity index (χ0n) is 7.62. The van der Waals surface area contributed by atoms with E-state index in [9.17, 15) is 5.11 Å². The zero-order valence-corrected chi connectivity index (χ0v) is 7.62. The van der Waals surface area contributed by atoms with Gasteiger partial charge >= 0.3 is 0 Å². The summed E-state index contributed by atoms with van der Waals surface area (Å²) in [5, 5.41) is 9.33. The van der Waals surface area contributed by atoms with Crippen molar-refractivity contribution in [3.63, 3.8) is 0 Å². The van der Waals surface area contributed by atoms with Crippen LogP contribution in [0, 0.1) is 5.92 Å². The summed E-state index contributed by atoms with van der Waals surface area (Å²) in [5.74, 6) is 0.464. The molecule has 0 rings (SSSR count). The second kappa shape index (κ2) is 6.17. The summed E-state index contributed by atoms with van der Waals surface area (Å²) < 4.78 is 0. The van der Waals surface area contributed by atoms with Crippen LogP contribution >= 0.6 is 0 Å². The summed E-state index contributed by atoms with van der Waals surface area (Å²) in [6.45, 7) is 6.02. The van der Waals surface area contributed by atoms with Gasteiger partial charge in [-0.2, -0.15) is 0 Å². The molecule has 0 saturated heterocycles. The second-order valence-electron chi connectivity index (χ2n) is 2.83. The van der Waals surface area contributed by atoms with E-state index >= 15 is 0 Å². The quantitative estimate of drug-likeness (QED) is 0.617. The Kier molecular flexibility index (Phi) is 5.86. The highest BCUT2D eigenvalue weighted by Gasteiger charge is 2.02. The van der Waals surface area contributed by atoms with Crippen molar-refractivity contribution in [1.29, 1.82) is 0 Å². The van der Waals surface area contributed by atoms with E-state index in [2.05, 4.69) is 13.0 Å². The van der Waals surface area contributed by atoms with Crippen molar-refractivity contribution in [3.05, 3.63) is 24.3 Å². The third kappa shape index (κ3) is 5.86. The highest BCUT2D eigenvalue weighted by Crippen LogP contribution is 2.08. The summed E-state index contributed by atoms with van der Waals surface area (Å²) in [4.78, 5) is 0. The van der Waals surface area contributed by atoms with Crippen molar-refractivity contribution >= 4 is 0 Å². The smallest absolute Gasteiger partial charge is 0.0726 e. The molecule has 0 aliphatic rings. The molecule has 11 heavy (non-hydrogen) atoms. The van der Waals surface area contributed by atoms with E-state index in [1.807, 2.05) is 32.1 Å². The van der Waals surface area contributed by atoms with Gasteiger partial charge in [0, 0.05) is 0 Å². The molecule has 0 heterocycles. The molecule has 0 spiro atoms. The minimum atomic E-state index is -0.286. The lowest BCUT2D eigenvalue weighted by Gasteiger charge is -2.08. The zero-order chi connectivity index (χ0) is 8.69. The third-order valence-electron chi connectivity index (χ3n) is 1.55. The van der Waals surface area contributed by atoms with E-state index in [0.29, 0.717) is 5.92 Å². The predicted molar refractivity (Wildman–Crippen MR) is 49.4 cm³/mol. The molecule has 0 aromatic rings. The monoisotopic (exact) mass is 154 g/mol. The molecule has 1 N–H and O–H groups in total. The highest BCUT2D eigenvalue weighted by atomic mass is 16.3. The average molecular weight is 154 g/mol. The van der Waals surface area contributed by atoms with Crippen LogP contribution in [0.25, 0.3) is 0 Å². The number of allylic oxidation sites excluding steroid dienone is 3. The van der Waals surface area contributed by atoms with Crippen LogP contribution in [0.4, 0.5) is 0 Å². The fraction of sp³-hybridized carbons (Fsp3) is 0.600. The Morgan fingerprint density at radius 2 is 1.73 bits per heavy atom. The molecule has 64 valence electrons. The minimum absolute atomic E-state index is 0.286. The standard InChI is InChI=1S/C10H18O/c1-4-6-9(3)8-10(11)7-5-2/h4-7,9-11H,8H2,1-3H3/b6-4+,7-5+. The maximum Gasteiger partial charge on any atom is 0.0726 e. The average Bonchev–Trinajstić information content (AvgIpc) is 1.87. The van der Waals surface area contributed by atoms with E-state index in [0.717, 1.165) is 6.42 Å². The number of hydrogen-bond acceptors (Lipinski definition) is 1.